The van der Waals surface area contributed by atoms with E-state index < -0.39 is 0 Å². The molecule has 8 heteroatoms. The van der Waals surface area contributed by atoms with Gasteiger partial charge in [0.25, 0.3) is 0 Å². The van der Waals surface area contributed by atoms with Crippen LogP contribution in [0.4, 0.5) is 10.9 Å². The highest BCUT2D eigenvalue weighted by Crippen LogP contribution is 2.36. The van der Waals surface area contributed by atoms with Gasteiger partial charge < -0.3 is 15.1 Å². The monoisotopic (exact) mass is 357 g/mol. The first kappa shape index (κ1) is 16.2. The number of thiazole rings is 1. The lowest BCUT2D eigenvalue weighted by atomic mass is 10.1. The predicted molar refractivity (Wildman–Crippen MR) is 99.8 cm³/mol. The first-order valence-electron chi connectivity index (χ1n) is 8.24. The van der Waals surface area contributed by atoms with Gasteiger partial charge in [0.2, 0.25) is 5.88 Å². The average molecular weight is 357 g/mol. The molecule has 0 aliphatic carbocycles. The van der Waals surface area contributed by atoms with Gasteiger partial charge in [0.05, 0.1) is 11.5 Å². The molecule has 4 heterocycles. The normalized spacial score (nSPS) is 18.9. The van der Waals surface area contributed by atoms with Crippen LogP contribution >= 0.6 is 11.3 Å². The van der Waals surface area contributed by atoms with Crippen LogP contribution in [0, 0.1) is 0 Å². The van der Waals surface area contributed by atoms with Crippen molar-refractivity contribution in [1.82, 2.24) is 14.9 Å². The molecule has 2 aliphatic rings. The Labute approximate surface area is 149 Å². The Kier molecular flexibility index (Phi) is 4.48. The smallest absolute Gasteiger partial charge is 0.231 e. The number of aromatic hydroxyl groups is 1. The van der Waals surface area contributed by atoms with Gasteiger partial charge in [-0.25, -0.2) is 9.98 Å². The quantitative estimate of drug-likeness (QED) is 0.865. The molecule has 0 spiro atoms. The van der Waals surface area contributed by atoms with Crippen LogP contribution in [0.25, 0.3) is 11.6 Å². The van der Waals surface area contributed by atoms with E-state index >= 15 is 0 Å². The molecule has 7 nitrogen and oxygen atoms in total. The highest BCUT2D eigenvalue weighted by molar-refractivity contribution is 7.16. The number of rotatable bonds is 4. The molecule has 1 fully saturated rings. The third-order valence-electron chi connectivity index (χ3n) is 4.39. The lowest BCUT2D eigenvalue weighted by Crippen LogP contribution is -2.47. The zero-order valence-corrected chi connectivity index (χ0v) is 14.5. The van der Waals surface area contributed by atoms with E-state index in [0.29, 0.717) is 12.4 Å². The topological polar surface area (TPSA) is 85.1 Å². The summed E-state index contributed by atoms with van der Waals surface area (Å²) in [6.45, 7) is 4.37. The molecule has 0 radical (unpaired) electrons. The van der Waals surface area contributed by atoms with Crippen LogP contribution in [-0.4, -0.2) is 70.6 Å². The number of hydrogen-bond acceptors (Lipinski definition) is 8. The van der Waals surface area contributed by atoms with Crippen molar-refractivity contribution in [1.29, 1.82) is 0 Å². The number of aromatic nitrogens is 2. The van der Waals surface area contributed by atoms with Crippen molar-refractivity contribution in [3.63, 3.8) is 0 Å². The maximum Gasteiger partial charge on any atom is 0.231 e. The number of nitrogens with zero attached hydrogens (tertiary/aromatic N) is 5. The minimum absolute atomic E-state index is 0.0519. The Morgan fingerprint density at radius 3 is 2.88 bits per heavy atom. The Balaban J connectivity index is 1.52. The average Bonchev–Trinajstić information content (AvgIpc) is 3.21. The Morgan fingerprint density at radius 1 is 1.24 bits per heavy atom. The molecule has 0 atom stereocenters. The first-order chi connectivity index (χ1) is 12.2. The maximum absolute atomic E-state index is 10.2. The van der Waals surface area contributed by atoms with E-state index in [2.05, 4.69) is 24.8 Å². The fourth-order valence-corrected chi connectivity index (χ4v) is 3.99. The van der Waals surface area contributed by atoms with Gasteiger partial charge in [-0.15, -0.1) is 0 Å². The van der Waals surface area contributed by atoms with Crippen LogP contribution in [0.1, 0.15) is 10.4 Å². The van der Waals surface area contributed by atoms with Crippen molar-refractivity contribution in [2.24, 2.45) is 4.99 Å². The molecule has 0 unspecified atom stereocenters. The van der Waals surface area contributed by atoms with Crippen molar-refractivity contribution in [3.8, 4) is 5.88 Å². The molecular weight excluding hydrogens is 338 g/mol. The lowest BCUT2D eigenvalue weighted by Gasteiger charge is -2.34. The summed E-state index contributed by atoms with van der Waals surface area (Å²) in [5.41, 5.74) is 1.90. The largest absolute Gasteiger partial charge is 0.492 e. The van der Waals surface area contributed by atoms with Gasteiger partial charge >= 0.3 is 0 Å². The van der Waals surface area contributed by atoms with Crippen LogP contribution in [0.15, 0.2) is 23.3 Å². The second-order valence-corrected chi connectivity index (χ2v) is 6.98. The van der Waals surface area contributed by atoms with Gasteiger partial charge in [-0.2, -0.15) is 4.98 Å². The Morgan fingerprint density at radius 2 is 2.08 bits per heavy atom. The van der Waals surface area contributed by atoms with Crippen molar-refractivity contribution in [3.05, 3.63) is 28.8 Å². The van der Waals surface area contributed by atoms with Crippen LogP contribution in [0.2, 0.25) is 0 Å². The maximum atomic E-state index is 10.2. The number of allylic oxidation sites excluding steroid dienone is 1. The fourth-order valence-electron chi connectivity index (χ4n) is 3.03. The molecule has 25 heavy (non-hydrogen) atoms. The summed E-state index contributed by atoms with van der Waals surface area (Å²) in [4.78, 5) is 18.0. The molecule has 4 rings (SSSR count). The number of fused-ring (bicyclic) bond motifs is 1. The molecule has 2 aliphatic heterocycles. The van der Waals surface area contributed by atoms with Gasteiger partial charge in [0, 0.05) is 56.3 Å². The van der Waals surface area contributed by atoms with Gasteiger partial charge in [0.15, 0.2) is 10.9 Å². The zero-order valence-electron chi connectivity index (χ0n) is 13.7. The van der Waals surface area contributed by atoms with Gasteiger partial charge in [-0.1, -0.05) is 11.3 Å². The van der Waals surface area contributed by atoms with Gasteiger partial charge in [-0.05, 0) is 18.2 Å². The number of pyridine rings is 1. The van der Waals surface area contributed by atoms with Crippen LogP contribution in [-0.2, 0) is 0 Å². The minimum atomic E-state index is 0.0519. The number of anilines is 1. The van der Waals surface area contributed by atoms with Crippen molar-refractivity contribution in [2.45, 2.75) is 0 Å². The van der Waals surface area contributed by atoms with Crippen molar-refractivity contribution in [2.75, 3.05) is 44.2 Å². The van der Waals surface area contributed by atoms with Crippen molar-refractivity contribution < 1.29 is 10.2 Å². The third kappa shape index (κ3) is 3.28. The van der Waals surface area contributed by atoms with E-state index in [-0.39, 0.29) is 12.5 Å². The molecule has 2 aromatic rings. The third-order valence-corrected chi connectivity index (χ3v) is 5.44. The molecule has 2 aromatic heterocycles. The summed E-state index contributed by atoms with van der Waals surface area (Å²) in [5, 5.41) is 20.1. The summed E-state index contributed by atoms with van der Waals surface area (Å²) >= 11 is 1.48. The SMILES string of the molecule is OCCN1CCN(c2nc(O)c(C=C3C=Nc4ncccc43)s2)CC1. The summed E-state index contributed by atoms with van der Waals surface area (Å²) in [7, 11) is 0. The predicted octanol–water partition coefficient (Wildman–Crippen LogP) is 1.61. The van der Waals surface area contributed by atoms with E-state index in [1.807, 2.05) is 18.2 Å². The molecule has 2 N–H and O–H groups in total. The standard InChI is InChI=1S/C17H19N5O2S/c23-9-8-21-4-6-22(7-5-21)17-20-16(24)14(25-17)10-12-11-19-15-13(12)2-1-3-18-15/h1-3,10-11,23-24H,4-9H2. The summed E-state index contributed by atoms with van der Waals surface area (Å²) in [5.74, 6) is 0.758. The number of hydrogen-bond donors (Lipinski definition) is 2. The molecule has 130 valence electrons. The number of β-amino-alcohol motifs (C(OH)–C–C–N with tert-alkyl or cyclic N) is 1. The Hall–Kier alpha value is -2.29. The minimum Gasteiger partial charge on any atom is -0.492 e. The first-order valence-corrected chi connectivity index (χ1v) is 9.05. The summed E-state index contributed by atoms with van der Waals surface area (Å²) < 4.78 is 0. The van der Waals surface area contributed by atoms with Crippen LogP contribution in [0.5, 0.6) is 5.88 Å². The Bertz CT molecular complexity index is 824. The molecule has 0 saturated carbocycles. The zero-order chi connectivity index (χ0) is 17.2. The van der Waals surface area contributed by atoms with E-state index in [9.17, 15) is 5.11 Å². The van der Waals surface area contributed by atoms with Gasteiger partial charge in [0.1, 0.15) is 0 Å². The van der Waals surface area contributed by atoms with Gasteiger partial charge in [-0.3, -0.25) is 4.90 Å². The molecule has 1 saturated heterocycles. The molecule has 0 amide bonds. The molecule has 0 aromatic carbocycles. The number of piperazine rings is 1. The lowest BCUT2D eigenvalue weighted by molar-refractivity contribution is 0.188. The highest BCUT2D eigenvalue weighted by atomic mass is 32.1. The van der Waals surface area contributed by atoms with E-state index in [1.54, 1.807) is 12.4 Å². The molecular formula is C17H19N5O2S. The molecule has 0 bridgehead atoms. The second-order valence-electron chi connectivity index (χ2n) is 5.97. The number of aliphatic imine (C=N–C) groups is 1. The number of aliphatic hydroxyl groups excluding tert-OH is 1. The summed E-state index contributed by atoms with van der Waals surface area (Å²) in [6, 6.07) is 3.85. The van der Waals surface area contributed by atoms with E-state index in [1.165, 1.54) is 11.3 Å². The fraction of sp³-hybridized carbons (Fsp3) is 0.353. The summed E-state index contributed by atoms with van der Waals surface area (Å²) in [6.07, 6.45) is 5.40. The van der Waals surface area contributed by atoms with Crippen molar-refractivity contribution >= 4 is 40.1 Å². The van der Waals surface area contributed by atoms with Crippen LogP contribution in [0.3, 0.4) is 0 Å². The second kappa shape index (κ2) is 6.91. The van der Waals surface area contributed by atoms with Crippen LogP contribution < -0.4 is 4.90 Å². The highest BCUT2D eigenvalue weighted by Gasteiger charge is 2.21. The van der Waals surface area contributed by atoms with E-state index in [4.69, 9.17) is 5.11 Å². The van der Waals surface area contributed by atoms with E-state index in [0.717, 1.165) is 47.3 Å². The number of aliphatic hydroxyl groups is 1.